The minimum Gasteiger partial charge on any atom is -0.361 e. The summed E-state index contributed by atoms with van der Waals surface area (Å²) in [5, 5.41) is 4.04. The molecule has 2 aliphatic heterocycles. The lowest BCUT2D eigenvalue weighted by Crippen LogP contribution is -3.13. The van der Waals surface area contributed by atoms with Crippen molar-refractivity contribution in [1.29, 1.82) is 0 Å². The summed E-state index contributed by atoms with van der Waals surface area (Å²) in [6.45, 7) is 6.84. The normalized spacial score (nSPS) is 19.0. The number of carbonyl (C=O) groups excluding carboxylic acids is 1. The molecule has 8 nitrogen and oxygen atoms in total. The summed E-state index contributed by atoms with van der Waals surface area (Å²) in [7, 11) is -3.45. The fourth-order valence-corrected chi connectivity index (χ4v) is 5.51. The summed E-state index contributed by atoms with van der Waals surface area (Å²) in [6.07, 6.45) is 1.81. The van der Waals surface area contributed by atoms with Gasteiger partial charge in [0.1, 0.15) is 18.0 Å². The molecule has 0 spiro atoms. The summed E-state index contributed by atoms with van der Waals surface area (Å²) >= 11 is 0. The van der Waals surface area contributed by atoms with E-state index >= 15 is 0 Å². The summed E-state index contributed by atoms with van der Waals surface area (Å²) in [5.74, 6) is 0.759. The van der Waals surface area contributed by atoms with E-state index in [2.05, 4.69) is 5.16 Å². The van der Waals surface area contributed by atoms with Crippen molar-refractivity contribution in [2.45, 2.75) is 31.2 Å². The molecule has 2 fully saturated rings. The summed E-state index contributed by atoms with van der Waals surface area (Å²) in [4.78, 5) is 16.3. The molecule has 156 valence electrons. The number of sulfonamides is 1. The molecule has 3 heterocycles. The summed E-state index contributed by atoms with van der Waals surface area (Å²) in [6, 6.07) is 8.30. The lowest BCUT2D eigenvalue weighted by atomic mass is 10.2. The molecule has 2 aromatic rings. The van der Waals surface area contributed by atoms with E-state index in [-0.39, 0.29) is 10.8 Å². The van der Waals surface area contributed by atoms with Crippen LogP contribution in [0.1, 0.15) is 34.7 Å². The zero-order chi connectivity index (χ0) is 20.4. The van der Waals surface area contributed by atoms with Crippen LogP contribution in [0.15, 0.2) is 39.8 Å². The number of aromatic nitrogens is 1. The quantitative estimate of drug-likeness (QED) is 0.754. The second-order valence-electron chi connectivity index (χ2n) is 7.78. The molecule has 9 heteroatoms. The SMILES string of the molecule is Cc1cc(C[NH+]2CCN(C(=O)c3ccc(S(=O)(=O)N4CCCC4)cc3)CC2)no1. The van der Waals surface area contributed by atoms with Crippen molar-refractivity contribution in [3.63, 3.8) is 0 Å². The number of rotatable bonds is 5. The van der Waals surface area contributed by atoms with Crippen LogP contribution in [0.2, 0.25) is 0 Å². The van der Waals surface area contributed by atoms with E-state index in [1.807, 2.05) is 17.9 Å². The van der Waals surface area contributed by atoms with Crippen molar-refractivity contribution in [2.75, 3.05) is 39.3 Å². The van der Waals surface area contributed by atoms with Gasteiger partial charge in [-0.15, -0.1) is 0 Å². The van der Waals surface area contributed by atoms with E-state index in [9.17, 15) is 13.2 Å². The number of nitrogens with one attached hydrogen (secondary N) is 1. The number of amides is 1. The molecule has 2 saturated heterocycles. The van der Waals surface area contributed by atoms with Gasteiger partial charge in [-0.05, 0) is 44.0 Å². The number of piperazine rings is 1. The number of benzene rings is 1. The van der Waals surface area contributed by atoms with Gasteiger partial charge >= 0.3 is 0 Å². The molecule has 1 N–H and O–H groups in total. The van der Waals surface area contributed by atoms with Crippen LogP contribution in [0.4, 0.5) is 0 Å². The minimum atomic E-state index is -3.45. The number of hydrogen-bond acceptors (Lipinski definition) is 5. The van der Waals surface area contributed by atoms with Crippen LogP contribution in [0.5, 0.6) is 0 Å². The van der Waals surface area contributed by atoms with Crippen molar-refractivity contribution >= 4 is 15.9 Å². The molecular formula is C20H27N4O4S+. The summed E-state index contributed by atoms with van der Waals surface area (Å²) in [5.41, 5.74) is 1.47. The van der Waals surface area contributed by atoms with Crippen LogP contribution in [-0.4, -0.2) is 68.0 Å². The zero-order valence-corrected chi connectivity index (χ0v) is 17.5. The Kier molecular flexibility index (Phi) is 5.71. The average Bonchev–Trinajstić information content (AvgIpc) is 3.41. The first kappa shape index (κ1) is 20.1. The highest BCUT2D eigenvalue weighted by atomic mass is 32.2. The fourth-order valence-electron chi connectivity index (χ4n) is 3.99. The molecule has 29 heavy (non-hydrogen) atoms. The molecule has 2 aliphatic rings. The van der Waals surface area contributed by atoms with Gasteiger partial charge in [-0.1, -0.05) is 5.16 Å². The maximum Gasteiger partial charge on any atom is 0.254 e. The molecule has 0 unspecified atom stereocenters. The molecular weight excluding hydrogens is 392 g/mol. The highest BCUT2D eigenvalue weighted by Crippen LogP contribution is 2.21. The predicted molar refractivity (Wildman–Crippen MR) is 106 cm³/mol. The van der Waals surface area contributed by atoms with Gasteiger partial charge in [0.2, 0.25) is 10.0 Å². The van der Waals surface area contributed by atoms with Crippen molar-refractivity contribution < 1.29 is 22.6 Å². The van der Waals surface area contributed by atoms with Crippen LogP contribution < -0.4 is 4.90 Å². The number of hydrogen-bond donors (Lipinski definition) is 1. The van der Waals surface area contributed by atoms with Crippen LogP contribution >= 0.6 is 0 Å². The molecule has 1 aromatic carbocycles. The molecule has 0 aliphatic carbocycles. The molecule has 1 aromatic heterocycles. The number of nitrogens with zero attached hydrogens (tertiary/aromatic N) is 3. The standard InChI is InChI=1S/C20H26N4O4S/c1-16-14-18(21-28-16)15-22-10-12-23(13-11-22)20(25)17-4-6-19(7-5-17)29(26,27)24-8-2-3-9-24/h4-7,14H,2-3,8-13,15H2,1H3/p+1. The predicted octanol–water partition coefficient (Wildman–Crippen LogP) is 0.308. The van der Waals surface area contributed by atoms with Crippen molar-refractivity contribution in [3.05, 3.63) is 47.3 Å². The van der Waals surface area contributed by atoms with Gasteiger partial charge < -0.3 is 14.3 Å². The highest BCUT2D eigenvalue weighted by Gasteiger charge is 2.28. The average molecular weight is 420 g/mol. The Morgan fingerprint density at radius 3 is 2.34 bits per heavy atom. The summed E-state index contributed by atoms with van der Waals surface area (Å²) < 4.78 is 31.9. The third-order valence-corrected chi connectivity index (χ3v) is 7.58. The first-order valence-corrected chi connectivity index (χ1v) is 11.5. The lowest BCUT2D eigenvalue weighted by Gasteiger charge is -2.31. The van der Waals surface area contributed by atoms with Crippen molar-refractivity contribution in [1.82, 2.24) is 14.4 Å². The first-order valence-electron chi connectivity index (χ1n) is 10.1. The first-order chi connectivity index (χ1) is 13.9. The topological polar surface area (TPSA) is 88.2 Å². The molecule has 1 amide bonds. The zero-order valence-electron chi connectivity index (χ0n) is 16.6. The van der Waals surface area contributed by atoms with E-state index in [1.54, 1.807) is 24.3 Å². The Balaban J connectivity index is 1.35. The molecule has 0 saturated carbocycles. The Bertz CT molecular complexity index is 957. The van der Waals surface area contributed by atoms with E-state index in [4.69, 9.17) is 4.52 Å². The Hall–Kier alpha value is -2.23. The van der Waals surface area contributed by atoms with Gasteiger partial charge in [0.05, 0.1) is 31.1 Å². The lowest BCUT2D eigenvalue weighted by molar-refractivity contribution is -0.917. The van der Waals surface area contributed by atoms with Crippen LogP contribution in [0, 0.1) is 6.92 Å². The van der Waals surface area contributed by atoms with Gasteiger partial charge in [-0.3, -0.25) is 4.79 Å². The van der Waals surface area contributed by atoms with Crippen molar-refractivity contribution in [3.8, 4) is 0 Å². The fraction of sp³-hybridized carbons (Fsp3) is 0.500. The second-order valence-corrected chi connectivity index (χ2v) is 9.72. The van der Waals surface area contributed by atoms with E-state index in [1.165, 1.54) is 9.21 Å². The van der Waals surface area contributed by atoms with Gasteiger partial charge in [-0.25, -0.2) is 8.42 Å². The van der Waals surface area contributed by atoms with Crippen LogP contribution in [0.3, 0.4) is 0 Å². The molecule has 0 radical (unpaired) electrons. The van der Waals surface area contributed by atoms with Crippen LogP contribution in [0.25, 0.3) is 0 Å². The maximum atomic E-state index is 12.8. The number of aryl methyl sites for hydroxylation is 1. The Labute approximate surface area is 171 Å². The van der Waals surface area contributed by atoms with Gasteiger partial charge in [-0.2, -0.15) is 4.31 Å². The molecule has 0 bridgehead atoms. The number of carbonyl (C=O) groups is 1. The second kappa shape index (κ2) is 8.25. The van der Waals surface area contributed by atoms with Crippen molar-refractivity contribution in [2.24, 2.45) is 0 Å². The third kappa shape index (κ3) is 4.36. The monoisotopic (exact) mass is 419 g/mol. The molecule has 0 atom stereocenters. The van der Waals surface area contributed by atoms with Gasteiger partial charge in [0, 0.05) is 24.7 Å². The third-order valence-electron chi connectivity index (χ3n) is 5.67. The number of quaternary nitrogens is 1. The van der Waals surface area contributed by atoms with E-state index in [0.717, 1.165) is 43.9 Å². The smallest absolute Gasteiger partial charge is 0.254 e. The Morgan fingerprint density at radius 2 is 1.76 bits per heavy atom. The van der Waals surface area contributed by atoms with E-state index < -0.39 is 10.0 Å². The maximum absolute atomic E-state index is 12.8. The van der Waals surface area contributed by atoms with Gasteiger partial charge in [0.25, 0.3) is 5.91 Å². The van der Waals surface area contributed by atoms with Gasteiger partial charge in [0.15, 0.2) is 0 Å². The minimum absolute atomic E-state index is 0.0496. The molecule has 4 rings (SSSR count). The largest absolute Gasteiger partial charge is 0.361 e. The van der Waals surface area contributed by atoms with Crippen LogP contribution in [-0.2, 0) is 16.6 Å². The Morgan fingerprint density at radius 1 is 1.10 bits per heavy atom. The highest BCUT2D eigenvalue weighted by molar-refractivity contribution is 7.89. The van der Waals surface area contributed by atoms with E-state index in [0.29, 0.717) is 31.7 Å².